The molecule has 2 aromatic rings. The monoisotopic (exact) mass is 352 g/mol. The molecule has 5 nitrogen and oxygen atoms in total. The molecular formula is C16H20N2O3S2. The van der Waals surface area contributed by atoms with Crippen molar-refractivity contribution in [1.82, 2.24) is 9.71 Å². The van der Waals surface area contributed by atoms with Gasteiger partial charge in [0.1, 0.15) is 15.6 Å². The standard InChI is InChI=1S/C16H20N2O3S2/c1-21-13-6-8-14(9-7-13)22-18-16(10-12-23(2,19)20)15-5-3-4-11-17-15/h3-9,11,16,18H,10,12H2,1-2H3. The van der Waals surface area contributed by atoms with Crippen LogP contribution in [0.4, 0.5) is 0 Å². The molecule has 0 saturated carbocycles. The van der Waals surface area contributed by atoms with E-state index in [-0.39, 0.29) is 11.8 Å². The van der Waals surface area contributed by atoms with Crippen molar-refractivity contribution >= 4 is 21.8 Å². The van der Waals surface area contributed by atoms with Gasteiger partial charge in [-0.15, -0.1) is 0 Å². The van der Waals surface area contributed by atoms with Gasteiger partial charge in [-0.2, -0.15) is 0 Å². The van der Waals surface area contributed by atoms with Gasteiger partial charge in [-0.1, -0.05) is 6.07 Å². The zero-order valence-electron chi connectivity index (χ0n) is 13.1. The molecule has 0 aliphatic heterocycles. The number of pyridine rings is 1. The number of ether oxygens (including phenoxy) is 1. The van der Waals surface area contributed by atoms with Crippen LogP contribution in [-0.2, 0) is 9.84 Å². The fourth-order valence-corrected chi connectivity index (χ4v) is 3.42. The van der Waals surface area contributed by atoms with Crippen LogP contribution in [0.5, 0.6) is 5.75 Å². The number of nitrogens with zero attached hydrogens (tertiary/aromatic N) is 1. The summed E-state index contributed by atoms with van der Waals surface area (Å²) < 4.78 is 31.3. The molecule has 0 aliphatic rings. The number of methoxy groups -OCH3 is 1. The van der Waals surface area contributed by atoms with Crippen LogP contribution in [0.25, 0.3) is 0 Å². The Morgan fingerprint density at radius 1 is 1.22 bits per heavy atom. The lowest BCUT2D eigenvalue weighted by Crippen LogP contribution is -2.19. The SMILES string of the molecule is COc1ccc(SNC(CCS(C)(=O)=O)c2ccccn2)cc1. The lowest BCUT2D eigenvalue weighted by atomic mass is 10.1. The van der Waals surface area contributed by atoms with Crippen molar-refractivity contribution in [2.75, 3.05) is 19.1 Å². The summed E-state index contributed by atoms with van der Waals surface area (Å²) in [6.07, 6.45) is 3.43. The van der Waals surface area contributed by atoms with Crippen LogP contribution in [0.3, 0.4) is 0 Å². The van der Waals surface area contributed by atoms with E-state index in [4.69, 9.17) is 4.74 Å². The zero-order chi connectivity index (χ0) is 16.7. The van der Waals surface area contributed by atoms with Crippen molar-refractivity contribution in [2.24, 2.45) is 0 Å². The Bertz CT molecular complexity index is 704. The highest BCUT2D eigenvalue weighted by atomic mass is 32.2. The predicted octanol–water partition coefficient (Wildman–Crippen LogP) is 2.86. The van der Waals surface area contributed by atoms with Gasteiger partial charge in [-0.25, -0.2) is 8.42 Å². The van der Waals surface area contributed by atoms with Crippen LogP contribution < -0.4 is 9.46 Å². The molecule has 1 heterocycles. The van der Waals surface area contributed by atoms with Gasteiger partial charge in [0.25, 0.3) is 0 Å². The lowest BCUT2D eigenvalue weighted by molar-refractivity contribution is 0.414. The van der Waals surface area contributed by atoms with Crippen molar-refractivity contribution in [2.45, 2.75) is 17.4 Å². The van der Waals surface area contributed by atoms with Crippen LogP contribution in [0, 0.1) is 0 Å². The van der Waals surface area contributed by atoms with Crippen LogP contribution in [0.15, 0.2) is 53.6 Å². The van der Waals surface area contributed by atoms with Gasteiger partial charge in [-0.05, 0) is 54.8 Å². The second-order valence-corrected chi connectivity index (χ2v) is 8.29. The highest BCUT2D eigenvalue weighted by Gasteiger charge is 2.15. The Morgan fingerprint density at radius 2 is 1.96 bits per heavy atom. The maximum atomic E-state index is 11.4. The van der Waals surface area contributed by atoms with Crippen molar-refractivity contribution in [3.63, 3.8) is 0 Å². The third kappa shape index (κ3) is 6.21. The van der Waals surface area contributed by atoms with E-state index < -0.39 is 9.84 Å². The molecule has 23 heavy (non-hydrogen) atoms. The molecule has 2 rings (SSSR count). The predicted molar refractivity (Wildman–Crippen MR) is 93.3 cm³/mol. The molecule has 0 radical (unpaired) electrons. The van der Waals surface area contributed by atoms with Crippen LogP contribution in [-0.4, -0.2) is 32.5 Å². The Balaban J connectivity index is 2.04. The molecule has 0 bridgehead atoms. The smallest absolute Gasteiger partial charge is 0.147 e. The third-order valence-electron chi connectivity index (χ3n) is 3.20. The molecule has 1 aromatic carbocycles. The fraction of sp³-hybridized carbons (Fsp3) is 0.312. The van der Waals surface area contributed by atoms with Gasteiger partial charge in [0.2, 0.25) is 0 Å². The minimum atomic E-state index is -3.01. The third-order valence-corrected chi connectivity index (χ3v) is 5.09. The highest BCUT2D eigenvalue weighted by Crippen LogP contribution is 2.24. The maximum absolute atomic E-state index is 11.4. The molecule has 1 N–H and O–H groups in total. The molecular weight excluding hydrogens is 332 g/mol. The molecule has 0 aliphatic carbocycles. The van der Waals surface area contributed by atoms with Gasteiger partial charge >= 0.3 is 0 Å². The summed E-state index contributed by atoms with van der Waals surface area (Å²) in [4.78, 5) is 5.35. The van der Waals surface area contributed by atoms with Gasteiger partial charge in [-0.3, -0.25) is 9.71 Å². The number of hydrogen-bond donors (Lipinski definition) is 1. The number of aromatic nitrogens is 1. The normalized spacial score (nSPS) is 12.8. The summed E-state index contributed by atoms with van der Waals surface area (Å²) in [6.45, 7) is 0. The van der Waals surface area contributed by atoms with E-state index in [9.17, 15) is 8.42 Å². The summed E-state index contributed by atoms with van der Waals surface area (Å²) in [5.74, 6) is 0.914. The number of nitrogens with one attached hydrogen (secondary N) is 1. The first-order valence-electron chi connectivity index (χ1n) is 7.13. The summed E-state index contributed by atoms with van der Waals surface area (Å²) in [7, 11) is -1.39. The van der Waals surface area contributed by atoms with Crippen molar-refractivity contribution in [3.8, 4) is 5.75 Å². The average Bonchev–Trinajstić information content (AvgIpc) is 2.55. The number of sulfone groups is 1. The molecule has 1 aromatic heterocycles. The maximum Gasteiger partial charge on any atom is 0.147 e. The van der Waals surface area contributed by atoms with Crippen LogP contribution in [0.1, 0.15) is 18.2 Å². The first-order valence-corrected chi connectivity index (χ1v) is 10.0. The quantitative estimate of drug-likeness (QED) is 0.737. The average molecular weight is 352 g/mol. The number of rotatable bonds is 8. The van der Waals surface area contributed by atoms with Crippen molar-refractivity contribution in [1.29, 1.82) is 0 Å². The second-order valence-electron chi connectivity index (χ2n) is 5.12. The molecule has 1 unspecified atom stereocenters. The van der Waals surface area contributed by atoms with E-state index in [1.807, 2.05) is 42.5 Å². The molecule has 124 valence electrons. The highest BCUT2D eigenvalue weighted by molar-refractivity contribution is 7.97. The number of benzene rings is 1. The Kier molecular flexibility index (Phi) is 6.44. The summed E-state index contributed by atoms with van der Waals surface area (Å²) in [6, 6.07) is 13.2. The molecule has 1 atom stereocenters. The fourth-order valence-electron chi connectivity index (χ4n) is 1.96. The lowest BCUT2D eigenvalue weighted by Gasteiger charge is -2.17. The molecule has 0 spiro atoms. The number of hydrogen-bond acceptors (Lipinski definition) is 6. The zero-order valence-corrected chi connectivity index (χ0v) is 14.7. The Hall–Kier alpha value is -1.57. The van der Waals surface area contributed by atoms with Crippen molar-refractivity contribution in [3.05, 3.63) is 54.4 Å². The summed E-state index contributed by atoms with van der Waals surface area (Å²) >= 11 is 1.45. The van der Waals surface area contributed by atoms with Gasteiger partial charge < -0.3 is 4.74 Å². The Morgan fingerprint density at radius 3 is 2.52 bits per heavy atom. The molecule has 0 saturated heterocycles. The molecule has 0 fully saturated rings. The van der Waals surface area contributed by atoms with E-state index >= 15 is 0 Å². The van der Waals surface area contributed by atoms with E-state index in [0.29, 0.717) is 6.42 Å². The summed E-state index contributed by atoms with van der Waals surface area (Å²) in [5, 5.41) is 0. The summed E-state index contributed by atoms with van der Waals surface area (Å²) in [5.41, 5.74) is 0.831. The first kappa shape index (κ1) is 17.8. The van der Waals surface area contributed by atoms with E-state index in [1.165, 1.54) is 18.2 Å². The Labute approximate surface area is 141 Å². The van der Waals surface area contributed by atoms with E-state index in [2.05, 4.69) is 9.71 Å². The topological polar surface area (TPSA) is 68.3 Å². The minimum absolute atomic E-state index is 0.115. The molecule has 7 heteroatoms. The largest absolute Gasteiger partial charge is 0.497 e. The first-order chi connectivity index (χ1) is 11.0. The van der Waals surface area contributed by atoms with Gasteiger partial charge in [0.15, 0.2) is 0 Å². The second kappa shape index (κ2) is 8.33. The van der Waals surface area contributed by atoms with E-state index in [1.54, 1.807) is 13.3 Å². The van der Waals surface area contributed by atoms with Gasteiger partial charge in [0.05, 0.1) is 24.6 Å². The van der Waals surface area contributed by atoms with Crippen molar-refractivity contribution < 1.29 is 13.2 Å². The van der Waals surface area contributed by atoms with Crippen LogP contribution in [0.2, 0.25) is 0 Å². The van der Waals surface area contributed by atoms with E-state index in [0.717, 1.165) is 16.3 Å². The van der Waals surface area contributed by atoms with Gasteiger partial charge in [0, 0.05) is 17.3 Å². The molecule has 0 amide bonds. The minimum Gasteiger partial charge on any atom is -0.497 e. The van der Waals surface area contributed by atoms with Crippen LogP contribution >= 0.6 is 11.9 Å².